The number of carbonyl (C=O) groups excluding carboxylic acids is 1. The van der Waals surface area contributed by atoms with Crippen molar-refractivity contribution in [3.8, 4) is 11.5 Å². The first-order valence-corrected chi connectivity index (χ1v) is 10.6. The molecule has 154 valence electrons. The van der Waals surface area contributed by atoms with Crippen molar-refractivity contribution in [3.05, 3.63) is 46.2 Å². The number of para-hydroxylation sites is 1. The summed E-state index contributed by atoms with van der Waals surface area (Å²) >= 11 is 1.61. The van der Waals surface area contributed by atoms with E-state index in [4.69, 9.17) is 4.74 Å². The molecule has 8 heteroatoms. The van der Waals surface area contributed by atoms with Crippen LogP contribution in [0.4, 0.5) is 0 Å². The number of piperazine rings is 1. The van der Waals surface area contributed by atoms with E-state index in [0.717, 1.165) is 36.8 Å². The number of carbonyl (C=O) groups is 1. The molecule has 2 aromatic rings. The van der Waals surface area contributed by atoms with Crippen LogP contribution in [0.1, 0.15) is 22.9 Å². The van der Waals surface area contributed by atoms with E-state index < -0.39 is 0 Å². The van der Waals surface area contributed by atoms with Crippen molar-refractivity contribution in [2.75, 3.05) is 46.9 Å². The molecule has 0 spiro atoms. The van der Waals surface area contributed by atoms with Crippen LogP contribution < -0.4 is 4.74 Å². The van der Waals surface area contributed by atoms with E-state index in [1.54, 1.807) is 22.4 Å². The smallest absolute Gasteiger partial charge is 0.257 e. The lowest BCUT2D eigenvalue weighted by Crippen LogP contribution is -2.48. The molecule has 2 aliphatic rings. The third kappa shape index (κ3) is 4.14. The van der Waals surface area contributed by atoms with Crippen molar-refractivity contribution in [1.82, 2.24) is 14.8 Å². The van der Waals surface area contributed by atoms with Gasteiger partial charge in [-0.3, -0.25) is 9.69 Å². The Balaban J connectivity index is 1.60. The second kappa shape index (κ2) is 8.52. The monoisotopic (exact) mass is 414 g/mol. The van der Waals surface area contributed by atoms with E-state index in [1.807, 2.05) is 29.6 Å². The number of methoxy groups -OCH3 is 1. The molecule has 0 radical (unpaired) electrons. The SMILES string of the molecule is COc1cccc([C@@H]2CC(c3cccs3)=NN2C(=O)CN2CCN(C)CC2)c1O. The van der Waals surface area contributed by atoms with Crippen molar-refractivity contribution in [1.29, 1.82) is 0 Å². The lowest BCUT2D eigenvalue weighted by atomic mass is 9.99. The van der Waals surface area contributed by atoms with Gasteiger partial charge < -0.3 is 14.7 Å². The number of nitrogens with zero attached hydrogens (tertiary/aromatic N) is 4. The third-order valence-electron chi connectivity index (χ3n) is 5.54. The summed E-state index contributed by atoms with van der Waals surface area (Å²) < 4.78 is 5.27. The van der Waals surface area contributed by atoms with Crippen molar-refractivity contribution in [2.45, 2.75) is 12.5 Å². The molecule has 1 saturated heterocycles. The van der Waals surface area contributed by atoms with Gasteiger partial charge in [-0.25, -0.2) is 5.01 Å². The van der Waals surface area contributed by atoms with Gasteiger partial charge in [0.15, 0.2) is 11.5 Å². The summed E-state index contributed by atoms with van der Waals surface area (Å²) in [5, 5.41) is 18.9. The molecule has 1 atom stereocenters. The number of hydrogen-bond acceptors (Lipinski definition) is 7. The van der Waals surface area contributed by atoms with Crippen LogP contribution in [-0.2, 0) is 4.79 Å². The lowest BCUT2D eigenvalue weighted by Gasteiger charge is -2.33. The van der Waals surface area contributed by atoms with Gasteiger partial charge in [0.2, 0.25) is 0 Å². The number of aromatic hydroxyl groups is 1. The molecule has 0 aliphatic carbocycles. The maximum atomic E-state index is 13.2. The summed E-state index contributed by atoms with van der Waals surface area (Å²) in [4.78, 5) is 18.7. The topological polar surface area (TPSA) is 68.6 Å². The zero-order valence-electron chi connectivity index (χ0n) is 16.7. The molecular weight excluding hydrogens is 388 g/mol. The largest absolute Gasteiger partial charge is 0.504 e. The van der Waals surface area contributed by atoms with Crippen molar-refractivity contribution < 1.29 is 14.6 Å². The molecule has 7 nitrogen and oxygen atoms in total. The van der Waals surface area contributed by atoms with Crippen LogP contribution in [-0.4, -0.2) is 78.4 Å². The highest BCUT2D eigenvalue weighted by atomic mass is 32.1. The first-order chi connectivity index (χ1) is 14.1. The van der Waals surface area contributed by atoms with Crippen molar-refractivity contribution >= 4 is 23.0 Å². The Kier molecular flexibility index (Phi) is 5.84. The average molecular weight is 415 g/mol. The van der Waals surface area contributed by atoms with Gasteiger partial charge >= 0.3 is 0 Å². The molecule has 4 rings (SSSR count). The Morgan fingerprint density at radius 1 is 1.24 bits per heavy atom. The standard InChI is InChI=1S/C21H26N4O3S/c1-23-8-10-24(11-9-23)14-20(26)25-17(13-16(22-25)19-7-4-12-29-19)15-5-3-6-18(28-2)21(15)27/h3-7,12,17,27H,8-11,13-14H2,1-2H3/t17-/m0/s1. The van der Waals surface area contributed by atoms with Gasteiger partial charge in [-0.05, 0) is 24.6 Å². The number of benzene rings is 1. The molecule has 1 aromatic heterocycles. The normalized spacial score (nSPS) is 20.7. The van der Waals surface area contributed by atoms with Gasteiger partial charge in [0.05, 0.1) is 30.3 Å². The number of hydrogen-bond donors (Lipinski definition) is 1. The number of phenols is 1. The minimum atomic E-state index is -0.345. The number of amides is 1. The van der Waals surface area contributed by atoms with Gasteiger partial charge in [-0.2, -0.15) is 5.10 Å². The Morgan fingerprint density at radius 3 is 2.72 bits per heavy atom. The highest BCUT2D eigenvalue weighted by Crippen LogP contribution is 2.41. The number of ether oxygens (including phenoxy) is 1. The minimum Gasteiger partial charge on any atom is -0.504 e. The predicted molar refractivity (Wildman–Crippen MR) is 114 cm³/mol. The van der Waals surface area contributed by atoms with Crippen LogP contribution in [0, 0.1) is 0 Å². The quantitative estimate of drug-likeness (QED) is 0.814. The van der Waals surface area contributed by atoms with Crippen LogP contribution in [0.25, 0.3) is 0 Å². The highest BCUT2D eigenvalue weighted by Gasteiger charge is 2.36. The summed E-state index contributed by atoms with van der Waals surface area (Å²) in [5.74, 6) is 0.423. The fourth-order valence-electron chi connectivity index (χ4n) is 3.82. The van der Waals surface area contributed by atoms with E-state index in [0.29, 0.717) is 24.3 Å². The molecule has 1 amide bonds. The Morgan fingerprint density at radius 2 is 2.03 bits per heavy atom. The van der Waals surface area contributed by atoms with Crippen LogP contribution in [0.15, 0.2) is 40.8 Å². The third-order valence-corrected chi connectivity index (χ3v) is 6.45. The van der Waals surface area contributed by atoms with E-state index >= 15 is 0 Å². The van der Waals surface area contributed by atoms with Crippen LogP contribution in [0.5, 0.6) is 11.5 Å². The summed E-state index contributed by atoms with van der Waals surface area (Å²) in [6.45, 7) is 3.98. The predicted octanol–water partition coefficient (Wildman–Crippen LogP) is 2.39. The Labute approximate surface area is 174 Å². The zero-order chi connectivity index (χ0) is 20.4. The highest BCUT2D eigenvalue weighted by molar-refractivity contribution is 7.12. The van der Waals surface area contributed by atoms with E-state index in [-0.39, 0.29) is 17.7 Å². The second-order valence-corrected chi connectivity index (χ2v) is 8.41. The fourth-order valence-corrected chi connectivity index (χ4v) is 4.54. The maximum Gasteiger partial charge on any atom is 0.257 e. The van der Waals surface area contributed by atoms with E-state index in [9.17, 15) is 9.90 Å². The first kappa shape index (κ1) is 19.9. The molecule has 1 aromatic carbocycles. The molecule has 0 saturated carbocycles. The van der Waals surface area contributed by atoms with Gasteiger partial charge in [0, 0.05) is 38.2 Å². The Bertz CT molecular complexity index is 891. The Hall–Kier alpha value is -2.42. The molecule has 29 heavy (non-hydrogen) atoms. The molecule has 0 unspecified atom stereocenters. The maximum absolute atomic E-state index is 13.2. The van der Waals surface area contributed by atoms with Crippen LogP contribution in [0.3, 0.4) is 0 Å². The summed E-state index contributed by atoms with van der Waals surface area (Å²) in [6, 6.07) is 9.04. The number of phenolic OH excluding ortho intramolecular Hbond substituents is 1. The number of rotatable bonds is 5. The number of likely N-dealkylation sites (N-methyl/N-ethyl adjacent to an activating group) is 1. The lowest BCUT2D eigenvalue weighted by molar-refractivity contribution is -0.134. The molecular formula is C21H26N4O3S. The van der Waals surface area contributed by atoms with Crippen molar-refractivity contribution in [2.24, 2.45) is 5.10 Å². The van der Waals surface area contributed by atoms with Crippen molar-refractivity contribution in [3.63, 3.8) is 0 Å². The zero-order valence-corrected chi connectivity index (χ0v) is 17.6. The van der Waals surface area contributed by atoms with Gasteiger partial charge in [-0.15, -0.1) is 11.3 Å². The van der Waals surface area contributed by atoms with Crippen LogP contribution >= 0.6 is 11.3 Å². The van der Waals surface area contributed by atoms with Gasteiger partial charge in [-0.1, -0.05) is 18.2 Å². The molecule has 0 bridgehead atoms. The minimum absolute atomic E-state index is 0.0478. The number of hydrazone groups is 1. The fraction of sp³-hybridized carbons (Fsp3) is 0.429. The van der Waals surface area contributed by atoms with Gasteiger partial charge in [0.1, 0.15) is 0 Å². The molecule has 1 N–H and O–H groups in total. The molecule has 3 heterocycles. The molecule has 2 aliphatic heterocycles. The van der Waals surface area contributed by atoms with E-state index in [1.165, 1.54) is 7.11 Å². The van der Waals surface area contributed by atoms with Crippen LogP contribution in [0.2, 0.25) is 0 Å². The summed E-state index contributed by atoms with van der Waals surface area (Å²) in [7, 11) is 3.62. The average Bonchev–Trinajstić information content (AvgIpc) is 3.39. The van der Waals surface area contributed by atoms with E-state index in [2.05, 4.69) is 21.9 Å². The first-order valence-electron chi connectivity index (χ1n) is 9.77. The van der Waals surface area contributed by atoms with Gasteiger partial charge in [0.25, 0.3) is 5.91 Å². The molecule has 1 fully saturated rings. The second-order valence-electron chi connectivity index (χ2n) is 7.46. The summed E-state index contributed by atoms with van der Waals surface area (Å²) in [5.41, 5.74) is 1.53. The summed E-state index contributed by atoms with van der Waals surface area (Å²) in [6.07, 6.45) is 0.565. The number of thiophene rings is 1.